The molecule has 1 N–H and O–H groups in total. The normalized spacial score (nSPS) is 15.7. The van der Waals surface area contributed by atoms with Crippen molar-refractivity contribution in [1.82, 2.24) is 14.5 Å². The zero-order valence-electron chi connectivity index (χ0n) is 13.7. The lowest BCUT2D eigenvalue weighted by molar-refractivity contribution is 0.123. The summed E-state index contributed by atoms with van der Waals surface area (Å²) < 4.78 is 34.8. The second-order valence-electron chi connectivity index (χ2n) is 5.83. The van der Waals surface area contributed by atoms with Gasteiger partial charge in [0, 0.05) is 31.5 Å². The molecule has 2 aromatic rings. The third-order valence-corrected chi connectivity index (χ3v) is 5.04. The molecule has 9 heteroatoms. The van der Waals surface area contributed by atoms with E-state index in [0.717, 1.165) is 5.69 Å². The van der Waals surface area contributed by atoms with Crippen LogP contribution in [0.25, 0.3) is 0 Å². The summed E-state index contributed by atoms with van der Waals surface area (Å²) >= 11 is 0. The van der Waals surface area contributed by atoms with Gasteiger partial charge in [-0.3, -0.25) is 4.72 Å². The van der Waals surface area contributed by atoms with Crippen molar-refractivity contribution in [2.45, 2.75) is 24.9 Å². The van der Waals surface area contributed by atoms with Gasteiger partial charge in [-0.1, -0.05) is 0 Å². The second kappa shape index (κ2) is 6.78. The van der Waals surface area contributed by atoms with E-state index in [2.05, 4.69) is 19.6 Å². The van der Waals surface area contributed by atoms with E-state index in [0.29, 0.717) is 32.1 Å². The van der Waals surface area contributed by atoms with Gasteiger partial charge in [0.25, 0.3) is 10.0 Å². The Bertz CT molecular complexity index is 797. The van der Waals surface area contributed by atoms with Crippen LogP contribution in [0.2, 0.25) is 0 Å². The van der Waals surface area contributed by atoms with Crippen LogP contribution in [0.3, 0.4) is 0 Å². The highest BCUT2D eigenvalue weighted by Crippen LogP contribution is 2.26. The fraction of sp³-hybridized carbons (Fsp3) is 0.467. The van der Waals surface area contributed by atoms with Crippen LogP contribution in [0.1, 0.15) is 19.9 Å². The molecular formula is C15H21N5O3S. The number of hydrogen-bond donors (Lipinski definition) is 1. The minimum absolute atomic E-state index is 0.0187. The third-order valence-electron chi connectivity index (χ3n) is 3.82. The van der Waals surface area contributed by atoms with Gasteiger partial charge in [0.1, 0.15) is 0 Å². The summed E-state index contributed by atoms with van der Waals surface area (Å²) in [7, 11) is -3.79. The number of aromatic nitrogens is 3. The minimum atomic E-state index is -3.79. The highest BCUT2D eigenvalue weighted by Gasteiger charge is 2.22. The monoisotopic (exact) mass is 351 g/mol. The number of nitrogens with one attached hydrogen (secondary N) is 1. The van der Waals surface area contributed by atoms with Gasteiger partial charge in [-0.05, 0) is 26.0 Å². The van der Waals surface area contributed by atoms with E-state index in [1.165, 1.54) is 12.5 Å². The smallest absolute Gasteiger partial charge is 0.282 e. The number of imidazole rings is 1. The first-order chi connectivity index (χ1) is 11.5. The predicted octanol–water partition coefficient (Wildman–Crippen LogP) is 1.50. The van der Waals surface area contributed by atoms with Gasteiger partial charge in [0.15, 0.2) is 10.8 Å². The Balaban J connectivity index is 1.86. The van der Waals surface area contributed by atoms with Crippen LogP contribution in [0.15, 0.2) is 35.9 Å². The fourth-order valence-corrected chi connectivity index (χ4v) is 3.42. The lowest BCUT2D eigenvalue weighted by atomic mass is 10.3. The first kappa shape index (κ1) is 16.7. The van der Waals surface area contributed by atoms with Crippen LogP contribution in [-0.4, -0.2) is 49.3 Å². The van der Waals surface area contributed by atoms with Gasteiger partial charge in [-0.25, -0.2) is 9.97 Å². The highest BCUT2D eigenvalue weighted by molar-refractivity contribution is 7.92. The van der Waals surface area contributed by atoms with Crippen molar-refractivity contribution in [2.75, 3.05) is 35.9 Å². The summed E-state index contributed by atoms with van der Waals surface area (Å²) in [6.45, 7) is 6.53. The summed E-state index contributed by atoms with van der Waals surface area (Å²) in [6.07, 6.45) is 4.60. The molecule has 0 unspecified atom stereocenters. The van der Waals surface area contributed by atoms with E-state index in [1.807, 2.05) is 19.9 Å². The molecule has 1 aliphatic rings. The van der Waals surface area contributed by atoms with E-state index < -0.39 is 10.0 Å². The number of ether oxygens (including phenoxy) is 1. The van der Waals surface area contributed by atoms with Gasteiger partial charge >= 0.3 is 0 Å². The Labute approximate surface area is 141 Å². The molecule has 0 aliphatic carbocycles. The van der Waals surface area contributed by atoms with Gasteiger partial charge in [0.05, 0.1) is 25.2 Å². The van der Waals surface area contributed by atoms with Crippen molar-refractivity contribution in [2.24, 2.45) is 0 Å². The molecule has 130 valence electrons. The van der Waals surface area contributed by atoms with Gasteiger partial charge in [-0.2, -0.15) is 8.42 Å². The minimum Gasteiger partial charge on any atom is -0.378 e. The van der Waals surface area contributed by atoms with E-state index in [9.17, 15) is 8.42 Å². The van der Waals surface area contributed by atoms with E-state index in [4.69, 9.17) is 4.74 Å². The summed E-state index contributed by atoms with van der Waals surface area (Å²) in [6, 6.07) is 3.78. The maximum Gasteiger partial charge on any atom is 0.282 e. The average Bonchev–Trinajstić information content (AvgIpc) is 3.07. The molecule has 24 heavy (non-hydrogen) atoms. The van der Waals surface area contributed by atoms with E-state index >= 15 is 0 Å². The Kier molecular flexibility index (Phi) is 4.72. The number of pyridine rings is 1. The number of hydrogen-bond acceptors (Lipinski definition) is 6. The third kappa shape index (κ3) is 3.51. The quantitative estimate of drug-likeness (QED) is 0.878. The molecule has 3 heterocycles. The zero-order valence-corrected chi connectivity index (χ0v) is 14.5. The summed E-state index contributed by atoms with van der Waals surface area (Å²) in [5.74, 6) is 0.304. The topological polar surface area (TPSA) is 89.3 Å². The van der Waals surface area contributed by atoms with Crippen molar-refractivity contribution in [3.8, 4) is 0 Å². The molecular weight excluding hydrogens is 330 g/mol. The van der Waals surface area contributed by atoms with Gasteiger partial charge in [-0.15, -0.1) is 0 Å². The molecule has 0 bridgehead atoms. The van der Waals surface area contributed by atoms with Crippen LogP contribution in [0, 0.1) is 0 Å². The highest BCUT2D eigenvalue weighted by atomic mass is 32.2. The van der Waals surface area contributed by atoms with Crippen LogP contribution >= 0.6 is 0 Å². The van der Waals surface area contributed by atoms with Crippen LogP contribution in [0.4, 0.5) is 11.5 Å². The molecule has 1 aliphatic heterocycles. The number of morpholine rings is 1. The Hall–Kier alpha value is -2.13. The summed E-state index contributed by atoms with van der Waals surface area (Å²) in [5, 5.41) is -0.0187. The standard InChI is InChI=1S/C15H21N5O3S/c1-12(2)20-10-14(17-11-20)24(21,22)18-15-13(4-3-5-16-15)19-6-8-23-9-7-19/h3-5,10-12H,6-9H2,1-2H3,(H,16,18). The second-order valence-corrected chi connectivity index (χ2v) is 7.46. The molecule has 0 spiro atoms. The van der Waals surface area contributed by atoms with Crippen molar-refractivity contribution in [3.63, 3.8) is 0 Å². The molecule has 3 rings (SSSR count). The van der Waals surface area contributed by atoms with Gasteiger partial charge in [0.2, 0.25) is 0 Å². The van der Waals surface area contributed by atoms with Crippen molar-refractivity contribution >= 4 is 21.5 Å². The van der Waals surface area contributed by atoms with Crippen LogP contribution in [0.5, 0.6) is 0 Å². The summed E-state index contributed by atoms with van der Waals surface area (Å²) in [5.41, 5.74) is 0.743. The molecule has 0 amide bonds. The van der Waals surface area contributed by atoms with Crippen molar-refractivity contribution < 1.29 is 13.2 Å². The molecule has 8 nitrogen and oxygen atoms in total. The first-order valence-corrected chi connectivity index (χ1v) is 9.30. The van der Waals surface area contributed by atoms with Gasteiger partial charge < -0.3 is 14.2 Å². The van der Waals surface area contributed by atoms with E-state index in [1.54, 1.807) is 16.8 Å². The largest absolute Gasteiger partial charge is 0.378 e. The number of nitrogens with zero attached hydrogens (tertiary/aromatic N) is 4. The molecule has 0 radical (unpaired) electrons. The number of sulfonamides is 1. The Morgan fingerprint density at radius 3 is 2.67 bits per heavy atom. The average molecular weight is 351 g/mol. The van der Waals surface area contributed by atoms with Crippen LogP contribution < -0.4 is 9.62 Å². The maximum absolute atomic E-state index is 12.6. The Morgan fingerprint density at radius 2 is 2.00 bits per heavy atom. The molecule has 1 saturated heterocycles. The fourth-order valence-electron chi connectivity index (χ4n) is 2.45. The molecule has 1 fully saturated rings. The molecule has 0 aromatic carbocycles. The van der Waals surface area contributed by atoms with Crippen molar-refractivity contribution in [3.05, 3.63) is 30.9 Å². The lowest BCUT2D eigenvalue weighted by Gasteiger charge is -2.29. The molecule has 0 saturated carbocycles. The van der Waals surface area contributed by atoms with Crippen molar-refractivity contribution in [1.29, 1.82) is 0 Å². The first-order valence-electron chi connectivity index (χ1n) is 7.81. The predicted molar refractivity (Wildman–Crippen MR) is 90.7 cm³/mol. The zero-order chi connectivity index (χ0) is 17.2. The number of anilines is 2. The SMILES string of the molecule is CC(C)n1cnc(S(=O)(=O)Nc2ncccc2N2CCOCC2)c1. The van der Waals surface area contributed by atoms with Crippen LogP contribution in [-0.2, 0) is 14.8 Å². The molecule has 0 atom stereocenters. The Morgan fingerprint density at radius 1 is 1.25 bits per heavy atom. The number of rotatable bonds is 5. The maximum atomic E-state index is 12.6. The summed E-state index contributed by atoms with van der Waals surface area (Å²) in [4.78, 5) is 10.3. The lowest BCUT2D eigenvalue weighted by Crippen LogP contribution is -2.37. The van der Waals surface area contributed by atoms with E-state index in [-0.39, 0.29) is 11.1 Å². The molecule has 2 aromatic heterocycles.